The van der Waals surface area contributed by atoms with Gasteiger partial charge < -0.3 is 102 Å². The molecular formula is C67H79FN12O23. The van der Waals surface area contributed by atoms with Gasteiger partial charge in [-0.15, -0.1) is 0 Å². The molecule has 0 radical (unpaired) electrons. The van der Waals surface area contributed by atoms with Crippen LogP contribution in [0.1, 0.15) is 103 Å². The van der Waals surface area contributed by atoms with Crippen LogP contribution in [0.5, 0.6) is 0 Å². The average Bonchev–Trinajstić information content (AvgIpc) is 1.62. The number of nitrogens with zero attached hydrogens (tertiary/aromatic N) is 3. The molecule has 0 spiro atoms. The van der Waals surface area contributed by atoms with Crippen LogP contribution < -0.4 is 53.4 Å². The molecule has 1 aliphatic carbocycles. The van der Waals surface area contributed by atoms with Crippen molar-refractivity contribution in [3.63, 3.8) is 0 Å². The Morgan fingerprint density at radius 1 is 0.728 bits per heavy atom. The molecule has 2 aromatic carbocycles. The van der Waals surface area contributed by atoms with E-state index in [0.29, 0.717) is 70.3 Å². The van der Waals surface area contributed by atoms with Gasteiger partial charge in [0, 0.05) is 60.5 Å². The number of aryl methyl sites for hydroxylation is 1. The number of fused-ring (bicyclic) bond motifs is 5. The number of esters is 1. The molecule has 0 saturated carbocycles. The molecule has 7 heterocycles. The van der Waals surface area contributed by atoms with E-state index in [1.807, 2.05) is 0 Å². The summed E-state index contributed by atoms with van der Waals surface area (Å²) in [5, 5.41) is 84.9. The summed E-state index contributed by atoms with van der Waals surface area (Å²) in [6.45, 7) is -0.950. The molecule has 36 heteroatoms. The number of halogens is 1. The molecule has 10 rings (SSSR count). The molecule has 0 bridgehead atoms. The number of unbranched alkanes of at least 4 members (excludes halogenated alkanes) is 2. The van der Waals surface area contributed by atoms with E-state index in [1.165, 1.54) is 16.7 Å². The van der Waals surface area contributed by atoms with Crippen molar-refractivity contribution in [2.24, 2.45) is 0 Å². The first-order valence-electron chi connectivity index (χ1n) is 33.4. The fraction of sp³-hybridized carbons (Fsp3) is 0.493. The number of cyclic esters (lactones) is 1. The van der Waals surface area contributed by atoms with Gasteiger partial charge in [0.2, 0.25) is 47.3 Å². The van der Waals surface area contributed by atoms with E-state index >= 15 is 4.39 Å². The number of ether oxygens (including phenoxy) is 4. The summed E-state index contributed by atoms with van der Waals surface area (Å²) in [6.07, 6.45) is -11.0. The van der Waals surface area contributed by atoms with E-state index < -0.39 is 208 Å². The van der Waals surface area contributed by atoms with Gasteiger partial charge in [-0.25, -0.2) is 14.2 Å². The second-order valence-corrected chi connectivity index (χ2v) is 25.5. The lowest BCUT2D eigenvalue weighted by atomic mass is 9.81. The number of nitrogens with one attached hydrogen (secondary N) is 9. The molecule has 4 aromatic rings. The molecule has 15 N–H and O–H groups in total. The quantitative estimate of drug-likeness (QED) is 0.00853. The molecule has 103 heavy (non-hydrogen) atoms. The zero-order valence-corrected chi connectivity index (χ0v) is 55.8. The fourth-order valence-corrected chi connectivity index (χ4v) is 13.1. The second kappa shape index (κ2) is 32.9. The minimum Gasteiger partial charge on any atom is -0.458 e. The highest BCUT2D eigenvalue weighted by Gasteiger charge is 2.51. The van der Waals surface area contributed by atoms with Crippen LogP contribution in [0.2, 0.25) is 0 Å². The number of pyridine rings is 2. The third kappa shape index (κ3) is 17.0. The number of hydrogen-bond donors (Lipinski definition) is 15. The molecule has 11 amide bonds. The third-order valence-electron chi connectivity index (χ3n) is 18.7. The number of imide groups is 1. The molecule has 2 saturated heterocycles. The van der Waals surface area contributed by atoms with Gasteiger partial charge in [-0.3, -0.25) is 62.4 Å². The van der Waals surface area contributed by atoms with Crippen LogP contribution in [-0.2, 0) is 108 Å². The van der Waals surface area contributed by atoms with Gasteiger partial charge in [-0.2, -0.15) is 0 Å². The van der Waals surface area contributed by atoms with Crippen molar-refractivity contribution in [1.29, 1.82) is 0 Å². The van der Waals surface area contributed by atoms with Gasteiger partial charge >= 0.3 is 5.97 Å². The summed E-state index contributed by atoms with van der Waals surface area (Å²) in [5.74, 6) is -10.1. The molecule has 3 unspecified atom stereocenters. The van der Waals surface area contributed by atoms with Crippen molar-refractivity contribution in [3.05, 3.63) is 110 Å². The molecule has 35 nitrogen and oxygen atoms in total. The van der Waals surface area contributed by atoms with E-state index in [-0.39, 0.29) is 62.0 Å². The normalized spacial score (nSPS) is 23.3. The molecule has 552 valence electrons. The lowest BCUT2D eigenvalue weighted by Crippen LogP contribution is -2.53. The third-order valence-corrected chi connectivity index (χ3v) is 18.7. The van der Waals surface area contributed by atoms with Crippen LogP contribution in [0.4, 0.5) is 4.39 Å². The van der Waals surface area contributed by atoms with Gasteiger partial charge in [0.05, 0.1) is 61.3 Å². The Balaban J connectivity index is 0.688. The Kier molecular flexibility index (Phi) is 24.2. The maximum Gasteiger partial charge on any atom is 0.343 e. The number of carbonyl (C=O) groups excluding carboxylic acids is 12. The molecule has 5 aliphatic heterocycles. The molecule has 2 fully saturated rings. The smallest absolute Gasteiger partial charge is 0.343 e. The van der Waals surface area contributed by atoms with E-state index in [2.05, 4.69) is 47.9 Å². The van der Waals surface area contributed by atoms with E-state index in [4.69, 9.17) is 23.9 Å². The first-order valence-corrected chi connectivity index (χ1v) is 33.4. The summed E-state index contributed by atoms with van der Waals surface area (Å²) in [4.78, 5) is 176. The molecule has 2 aromatic heterocycles. The van der Waals surface area contributed by atoms with Crippen molar-refractivity contribution < 1.29 is 112 Å². The first kappa shape index (κ1) is 75.6. The minimum atomic E-state index is -2.09. The first-order chi connectivity index (χ1) is 49.2. The zero-order valence-electron chi connectivity index (χ0n) is 55.8. The van der Waals surface area contributed by atoms with Crippen molar-refractivity contribution in [2.75, 3.05) is 46.1 Å². The monoisotopic (exact) mass is 1440 g/mol. The minimum absolute atomic E-state index is 0.00744. The topological polar surface area (TPSA) is 510 Å². The summed E-state index contributed by atoms with van der Waals surface area (Å²) >= 11 is 0. The number of amides is 11. The average molecular weight is 1440 g/mol. The van der Waals surface area contributed by atoms with Crippen LogP contribution in [0, 0.1) is 12.7 Å². The van der Waals surface area contributed by atoms with Crippen LogP contribution >= 0.6 is 0 Å². The SMILES string of the molecule is CC[C@@]1(O)C(=O)OCc2c1cc1n(c2=O)Cc2c-1nc1cc(F)c(C)c3c1c2[C@@H](NC(=O)COCNC(=O)CNC(=O)[C@H](Cc1ccccc1)NC(=O)CNC(=O)CNC(=O)C(CCC(=O)NC1O[C@H](C(=O)NC2O[C@H](CO)[C@@H](O)[C@H]2O)[C@@H](O)[C@H]1O)NC(=O)CCCCCN1C(=O)C=CC1=O)CC3. The van der Waals surface area contributed by atoms with Gasteiger partial charge in [-0.1, -0.05) is 43.7 Å². The highest BCUT2D eigenvalue weighted by molar-refractivity contribution is 6.13. The standard InChI is InChI=1S/C67H79FN12O23/c1-3-67(99)36-21-42-54-34(26-80(42)65(97)35(36)28-101-66(67)98)53-38(14-13-33-31(2)37(68)22-40(76-54)52(33)53)73-49(87)29-100-30-72-47(85)24-71-61(95)41(20-32-10-6-4-7-11-32)75-48(86)25-69-46(84)23-70-60(94)39(74-44(82)12-8-5-9-19-79-50(88)17-18-51(79)89)15-16-45(83)77-63-58(93)56(91)59(103-63)62(96)78-64-57(92)55(90)43(27-81)102-64/h4,6-7,10-11,17-18,21-22,38-39,41,43,55-59,63-64,81,90-93,99H,3,5,8-9,12-16,19-20,23-30H2,1-2H3,(H,69,84)(H,70,94)(H,71,95)(H,72,85)(H,73,87)(H,74,82)(H,75,86)(H,77,83)(H,78,96)/t38-,39?,41-,43+,55+,56-,57+,58+,59-,63?,64?,67-/m0/s1. The Hall–Kier alpha value is -10.0. The van der Waals surface area contributed by atoms with E-state index in [1.54, 1.807) is 44.2 Å². The fourth-order valence-electron chi connectivity index (χ4n) is 13.1. The Morgan fingerprint density at radius 2 is 1.40 bits per heavy atom. The second-order valence-electron chi connectivity index (χ2n) is 25.5. The molecule has 12 atom stereocenters. The highest BCUT2D eigenvalue weighted by atomic mass is 19.1. The van der Waals surface area contributed by atoms with Crippen LogP contribution in [0.25, 0.3) is 22.3 Å². The molecule has 6 aliphatic rings. The van der Waals surface area contributed by atoms with Crippen LogP contribution in [-0.4, -0.2) is 223 Å². The maximum absolute atomic E-state index is 15.5. The number of aliphatic hydroxyl groups is 6. The lowest BCUT2D eigenvalue weighted by Gasteiger charge is -2.31. The highest BCUT2D eigenvalue weighted by Crippen LogP contribution is 2.46. The van der Waals surface area contributed by atoms with Gasteiger partial charge in [0.25, 0.3) is 23.3 Å². The Labute approximate surface area is 584 Å². The maximum atomic E-state index is 15.5. The number of rotatable bonds is 31. The summed E-state index contributed by atoms with van der Waals surface area (Å²) in [6, 6.07) is 7.72. The van der Waals surface area contributed by atoms with Crippen molar-refractivity contribution in [2.45, 2.75) is 164 Å². The van der Waals surface area contributed by atoms with Crippen molar-refractivity contribution in [3.8, 4) is 11.4 Å². The van der Waals surface area contributed by atoms with Crippen LogP contribution in [0.3, 0.4) is 0 Å². The van der Waals surface area contributed by atoms with Crippen LogP contribution in [0.15, 0.2) is 59.4 Å². The van der Waals surface area contributed by atoms with Crippen molar-refractivity contribution in [1.82, 2.24) is 62.3 Å². The van der Waals surface area contributed by atoms with E-state index in [9.17, 15) is 93.0 Å². The lowest BCUT2D eigenvalue weighted by molar-refractivity contribution is -0.172. The largest absolute Gasteiger partial charge is 0.458 e. The number of hydrogen-bond acceptors (Lipinski definition) is 24. The Morgan fingerprint density at radius 3 is 2.10 bits per heavy atom. The Bertz CT molecular complexity index is 4100. The number of carbonyl (C=O) groups is 12. The number of benzene rings is 2. The predicted octanol–water partition coefficient (Wildman–Crippen LogP) is -5.33. The summed E-state index contributed by atoms with van der Waals surface area (Å²) in [7, 11) is 0. The van der Waals surface area contributed by atoms with Gasteiger partial charge in [0.1, 0.15) is 68.4 Å². The van der Waals surface area contributed by atoms with Gasteiger partial charge in [-0.05, 0) is 73.8 Å². The number of aromatic nitrogens is 2. The van der Waals surface area contributed by atoms with Gasteiger partial charge in [0.15, 0.2) is 24.2 Å². The van der Waals surface area contributed by atoms with E-state index in [0.717, 1.165) is 17.1 Å². The predicted molar refractivity (Wildman–Crippen MR) is 349 cm³/mol. The van der Waals surface area contributed by atoms with Crippen molar-refractivity contribution >= 4 is 81.9 Å². The zero-order chi connectivity index (χ0) is 74.1. The molecular weight excluding hydrogens is 1360 g/mol. The number of aliphatic hydroxyl groups excluding tert-OH is 5. The summed E-state index contributed by atoms with van der Waals surface area (Å²) in [5.41, 5.74) is 1.32. The summed E-state index contributed by atoms with van der Waals surface area (Å²) < 4.78 is 38.3.